The molecule has 1 aromatic heterocycles. The van der Waals surface area contributed by atoms with Gasteiger partial charge in [0, 0.05) is 32.3 Å². The van der Waals surface area contributed by atoms with E-state index in [1.54, 1.807) is 7.11 Å². The molecule has 5 heteroatoms. The summed E-state index contributed by atoms with van der Waals surface area (Å²) in [5.41, 5.74) is 0.953. The highest BCUT2D eigenvalue weighted by Crippen LogP contribution is 2.14. The van der Waals surface area contributed by atoms with E-state index in [9.17, 15) is 0 Å². The van der Waals surface area contributed by atoms with Gasteiger partial charge in [-0.25, -0.2) is 0 Å². The van der Waals surface area contributed by atoms with Crippen molar-refractivity contribution in [2.75, 3.05) is 27.3 Å². The van der Waals surface area contributed by atoms with Gasteiger partial charge >= 0.3 is 0 Å². The van der Waals surface area contributed by atoms with Crippen molar-refractivity contribution in [2.45, 2.75) is 45.8 Å². The molecule has 0 amide bonds. The van der Waals surface area contributed by atoms with Gasteiger partial charge < -0.3 is 14.6 Å². The molecule has 0 atom stereocenters. The molecular formula is C14H27N3O2. The Kier molecular flexibility index (Phi) is 7.70. The smallest absolute Gasteiger partial charge is 0.151 e. The minimum Gasteiger partial charge on any atom is -0.383 e. The van der Waals surface area contributed by atoms with Gasteiger partial charge in [-0.3, -0.25) is 4.90 Å². The second kappa shape index (κ2) is 9.07. The van der Waals surface area contributed by atoms with Crippen LogP contribution >= 0.6 is 0 Å². The zero-order chi connectivity index (χ0) is 14.1. The van der Waals surface area contributed by atoms with Crippen molar-refractivity contribution in [3.05, 3.63) is 17.5 Å². The number of rotatable bonds is 10. The third-order valence-corrected chi connectivity index (χ3v) is 3.37. The summed E-state index contributed by atoms with van der Waals surface area (Å²) in [7, 11) is 3.65. The fourth-order valence-electron chi connectivity index (χ4n) is 2.30. The first-order valence-corrected chi connectivity index (χ1v) is 7.07. The molecule has 0 aliphatic carbocycles. The highest BCUT2D eigenvalue weighted by molar-refractivity contribution is 5.05. The number of aromatic nitrogens is 1. The first-order chi connectivity index (χ1) is 9.24. The van der Waals surface area contributed by atoms with Crippen molar-refractivity contribution in [3.8, 4) is 0 Å². The summed E-state index contributed by atoms with van der Waals surface area (Å²) in [4.78, 5) is 2.41. The van der Waals surface area contributed by atoms with Gasteiger partial charge in [-0.05, 0) is 19.9 Å². The molecule has 0 radical (unpaired) electrons. The van der Waals surface area contributed by atoms with Crippen LogP contribution in [0.1, 0.15) is 38.1 Å². The number of nitrogens with one attached hydrogen (secondary N) is 1. The Morgan fingerprint density at radius 1 is 1.42 bits per heavy atom. The van der Waals surface area contributed by atoms with Crippen LogP contribution in [0.5, 0.6) is 0 Å². The van der Waals surface area contributed by atoms with Crippen molar-refractivity contribution in [2.24, 2.45) is 0 Å². The standard InChI is InChI=1S/C14H27N3O2/c1-5-13(6-2)17(7-8-18-4)11-14-9-12(10-15-3)16-19-14/h9,13,15H,5-8,10-11H2,1-4H3. The fraction of sp³-hybridized carbons (Fsp3) is 0.786. The quantitative estimate of drug-likeness (QED) is 0.704. The monoisotopic (exact) mass is 269 g/mol. The maximum Gasteiger partial charge on any atom is 0.151 e. The van der Waals surface area contributed by atoms with Gasteiger partial charge in [0.2, 0.25) is 0 Å². The Labute approximate surface area is 116 Å². The minimum atomic E-state index is 0.563. The maximum absolute atomic E-state index is 5.39. The summed E-state index contributed by atoms with van der Waals surface area (Å²) in [5.74, 6) is 0.924. The Morgan fingerprint density at radius 2 is 2.16 bits per heavy atom. The van der Waals surface area contributed by atoms with Crippen LogP contribution < -0.4 is 5.32 Å². The van der Waals surface area contributed by atoms with Gasteiger partial charge in [-0.1, -0.05) is 19.0 Å². The second-order valence-corrected chi connectivity index (χ2v) is 4.75. The number of hydrogen-bond acceptors (Lipinski definition) is 5. The second-order valence-electron chi connectivity index (χ2n) is 4.75. The summed E-state index contributed by atoms with van der Waals surface area (Å²) < 4.78 is 10.6. The van der Waals surface area contributed by atoms with Gasteiger partial charge in [0.25, 0.3) is 0 Å². The maximum atomic E-state index is 5.39. The Balaban J connectivity index is 2.63. The van der Waals surface area contributed by atoms with E-state index < -0.39 is 0 Å². The van der Waals surface area contributed by atoms with E-state index in [4.69, 9.17) is 9.26 Å². The Bertz CT molecular complexity index is 337. The van der Waals surface area contributed by atoms with E-state index in [2.05, 4.69) is 29.2 Å². The molecule has 0 unspecified atom stereocenters. The molecule has 0 fully saturated rings. The van der Waals surface area contributed by atoms with Crippen LogP contribution in [0.25, 0.3) is 0 Å². The zero-order valence-electron chi connectivity index (χ0n) is 12.6. The lowest BCUT2D eigenvalue weighted by Crippen LogP contribution is -2.36. The van der Waals surface area contributed by atoms with Gasteiger partial charge in [-0.2, -0.15) is 0 Å². The summed E-state index contributed by atoms with van der Waals surface area (Å²) in [6.07, 6.45) is 2.27. The van der Waals surface area contributed by atoms with Crippen molar-refractivity contribution < 1.29 is 9.26 Å². The van der Waals surface area contributed by atoms with Gasteiger partial charge in [0.1, 0.15) is 0 Å². The van der Waals surface area contributed by atoms with E-state index in [0.29, 0.717) is 6.04 Å². The summed E-state index contributed by atoms with van der Waals surface area (Å²) in [6, 6.07) is 2.59. The third-order valence-electron chi connectivity index (χ3n) is 3.37. The average molecular weight is 269 g/mol. The molecule has 0 saturated heterocycles. The lowest BCUT2D eigenvalue weighted by Gasteiger charge is -2.29. The lowest BCUT2D eigenvalue weighted by molar-refractivity contribution is 0.102. The van der Waals surface area contributed by atoms with E-state index in [0.717, 1.165) is 50.5 Å². The van der Waals surface area contributed by atoms with Crippen molar-refractivity contribution in [3.63, 3.8) is 0 Å². The summed E-state index contributed by atoms with van der Waals surface area (Å²) in [6.45, 7) is 7.65. The van der Waals surface area contributed by atoms with Gasteiger partial charge in [0.05, 0.1) is 18.8 Å². The van der Waals surface area contributed by atoms with Crippen LogP contribution in [0.15, 0.2) is 10.6 Å². The molecule has 19 heavy (non-hydrogen) atoms. The SMILES string of the molecule is CCC(CC)N(CCOC)Cc1cc(CNC)no1. The molecule has 110 valence electrons. The molecule has 0 bridgehead atoms. The average Bonchev–Trinajstić information content (AvgIpc) is 2.85. The number of hydrogen-bond donors (Lipinski definition) is 1. The predicted octanol–water partition coefficient (Wildman–Crippen LogP) is 2.03. The van der Waals surface area contributed by atoms with Gasteiger partial charge in [0.15, 0.2) is 5.76 Å². The molecule has 1 N–H and O–H groups in total. The molecule has 0 aliphatic heterocycles. The van der Waals surface area contributed by atoms with Crippen LogP contribution in [0.3, 0.4) is 0 Å². The summed E-state index contributed by atoms with van der Waals surface area (Å²) >= 11 is 0. The van der Waals surface area contributed by atoms with E-state index in [-0.39, 0.29) is 0 Å². The topological polar surface area (TPSA) is 50.5 Å². The number of nitrogens with zero attached hydrogens (tertiary/aromatic N) is 2. The third kappa shape index (κ3) is 5.30. The molecule has 1 aromatic rings. The van der Waals surface area contributed by atoms with E-state index in [1.165, 1.54) is 0 Å². The van der Waals surface area contributed by atoms with Crippen LogP contribution in [-0.4, -0.2) is 43.4 Å². The molecule has 1 rings (SSSR count). The van der Waals surface area contributed by atoms with Crippen molar-refractivity contribution in [1.82, 2.24) is 15.4 Å². The zero-order valence-corrected chi connectivity index (χ0v) is 12.6. The molecule has 0 spiro atoms. The largest absolute Gasteiger partial charge is 0.383 e. The Hall–Kier alpha value is -0.910. The van der Waals surface area contributed by atoms with Crippen LogP contribution in [0, 0.1) is 0 Å². The molecule has 0 aromatic carbocycles. The molecule has 5 nitrogen and oxygen atoms in total. The highest BCUT2D eigenvalue weighted by atomic mass is 16.5. The van der Waals surface area contributed by atoms with Crippen molar-refractivity contribution in [1.29, 1.82) is 0 Å². The molecule has 1 heterocycles. The normalized spacial score (nSPS) is 11.7. The number of ether oxygens (including phenoxy) is 1. The van der Waals surface area contributed by atoms with E-state index >= 15 is 0 Å². The van der Waals surface area contributed by atoms with Gasteiger partial charge in [-0.15, -0.1) is 0 Å². The first kappa shape index (κ1) is 16.1. The summed E-state index contributed by atoms with van der Waals surface area (Å²) in [5, 5.41) is 7.13. The first-order valence-electron chi connectivity index (χ1n) is 7.07. The fourth-order valence-corrected chi connectivity index (χ4v) is 2.30. The predicted molar refractivity (Wildman–Crippen MR) is 75.9 cm³/mol. The lowest BCUT2D eigenvalue weighted by atomic mass is 10.1. The molecule has 0 saturated carbocycles. The molecule has 0 aliphatic rings. The van der Waals surface area contributed by atoms with Crippen LogP contribution in [-0.2, 0) is 17.8 Å². The van der Waals surface area contributed by atoms with Crippen LogP contribution in [0.2, 0.25) is 0 Å². The minimum absolute atomic E-state index is 0.563. The van der Waals surface area contributed by atoms with Crippen LogP contribution in [0.4, 0.5) is 0 Å². The van der Waals surface area contributed by atoms with Crippen molar-refractivity contribution >= 4 is 0 Å². The Morgan fingerprint density at radius 3 is 2.74 bits per heavy atom. The highest BCUT2D eigenvalue weighted by Gasteiger charge is 2.17. The number of methoxy groups -OCH3 is 1. The van der Waals surface area contributed by atoms with E-state index in [1.807, 2.05) is 13.1 Å². The molecular weight excluding hydrogens is 242 g/mol.